The zero-order valence-corrected chi connectivity index (χ0v) is 13.9. The van der Waals surface area contributed by atoms with Gasteiger partial charge in [0.05, 0.1) is 17.8 Å². The van der Waals surface area contributed by atoms with Gasteiger partial charge in [0.1, 0.15) is 12.3 Å². The highest BCUT2D eigenvalue weighted by atomic mass is 16.5. The van der Waals surface area contributed by atoms with Crippen molar-refractivity contribution < 1.29 is 14.3 Å². The van der Waals surface area contributed by atoms with E-state index in [1.807, 2.05) is 6.07 Å². The molecule has 2 atom stereocenters. The van der Waals surface area contributed by atoms with E-state index in [0.717, 1.165) is 18.5 Å². The van der Waals surface area contributed by atoms with Gasteiger partial charge in [-0.1, -0.05) is 13.8 Å². The molecular formula is C16H24N4O3. The summed E-state index contributed by atoms with van der Waals surface area (Å²) in [6, 6.07) is 1.77. The summed E-state index contributed by atoms with van der Waals surface area (Å²) in [5.74, 6) is 0.353. The molecule has 2 amide bonds. The highest BCUT2D eigenvalue weighted by Gasteiger charge is 2.37. The van der Waals surface area contributed by atoms with Crippen LogP contribution >= 0.6 is 0 Å². The third kappa shape index (κ3) is 3.39. The summed E-state index contributed by atoms with van der Waals surface area (Å²) in [6.45, 7) is 5.51. The quantitative estimate of drug-likeness (QED) is 0.872. The lowest BCUT2D eigenvalue weighted by Crippen LogP contribution is -2.61. The van der Waals surface area contributed by atoms with E-state index < -0.39 is 0 Å². The largest absolute Gasteiger partial charge is 0.366 e. The molecule has 23 heavy (non-hydrogen) atoms. The van der Waals surface area contributed by atoms with E-state index in [9.17, 15) is 9.59 Å². The van der Waals surface area contributed by atoms with Crippen LogP contribution in [0.2, 0.25) is 0 Å². The molecule has 7 heteroatoms. The Morgan fingerprint density at radius 1 is 1.52 bits per heavy atom. The molecule has 3 rings (SSSR count). The summed E-state index contributed by atoms with van der Waals surface area (Å²) >= 11 is 0. The third-order valence-electron chi connectivity index (χ3n) is 4.38. The van der Waals surface area contributed by atoms with Gasteiger partial charge in [-0.3, -0.25) is 14.3 Å². The van der Waals surface area contributed by atoms with Crippen molar-refractivity contribution in [3.05, 3.63) is 17.5 Å². The number of morpholine rings is 1. The second kappa shape index (κ2) is 6.31. The number of aromatic nitrogens is 2. The van der Waals surface area contributed by atoms with E-state index in [2.05, 4.69) is 24.3 Å². The predicted molar refractivity (Wildman–Crippen MR) is 83.9 cm³/mol. The summed E-state index contributed by atoms with van der Waals surface area (Å²) in [7, 11) is 1.80. The van der Waals surface area contributed by atoms with E-state index in [1.165, 1.54) is 0 Å². The Balaban J connectivity index is 1.71. The van der Waals surface area contributed by atoms with Gasteiger partial charge in [0.2, 0.25) is 5.91 Å². The number of aryl methyl sites for hydroxylation is 1. The predicted octanol–water partition coefficient (Wildman–Crippen LogP) is 0.348. The van der Waals surface area contributed by atoms with E-state index in [0.29, 0.717) is 24.7 Å². The second-order valence-corrected chi connectivity index (χ2v) is 6.81. The molecule has 1 aromatic rings. The molecule has 1 aromatic heterocycles. The van der Waals surface area contributed by atoms with Gasteiger partial charge >= 0.3 is 0 Å². The average molecular weight is 320 g/mol. The molecule has 7 nitrogen and oxygen atoms in total. The van der Waals surface area contributed by atoms with Crippen LogP contribution in [0.15, 0.2) is 6.07 Å². The fourth-order valence-electron chi connectivity index (χ4n) is 3.29. The second-order valence-electron chi connectivity index (χ2n) is 6.81. The summed E-state index contributed by atoms with van der Waals surface area (Å²) in [5, 5.41) is 7.36. The molecule has 0 aliphatic carbocycles. The Hall–Kier alpha value is -1.89. The Bertz CT molecular complexity index is 610. The zero-order chi connectivity index (χ0) is 16.6. The van der Waals surface area contributed by atoms with Crippen LogP contribution < -0.4 is 5.32 Å². The molecule has 1 N–H and O–H groups in total. The maximum absolute atomic E-state index is 12.8. The monoisotopic (exact) mass is 320 g/mol. The lowest BCUT2D eigenvalue weighted by atomic mass is 10.00. The van der Waals surface area contributed by atoms with Crippen LogP contribution in [0.3, 0.4) is 0 Å². The van der Waals surface area contributed by atoms with Crippen LogP contribution in [-0.4, -0.2) is 58.3 Å². The first-order valence-electron chi connectivity index (χ1n) is 8.17. The third-order valence-corrected chi connectivity index (χ3v) is 4.38. The van der Waals surface area contributed by atoms with Gasteiger partial charge in [-0.25, -0.2) is 0 Å². The van der Waals surface area contributed by atoms with Crippen LogP contribution in [0.1, 0.15) is 36.5 Å². The molecule has 0 radical (unpaired) electrons. The molecular weight excluding hydrogens is 296 g/mol. The standard InChI is InChI=1S/C16H24N4O3/c1-10(2)6-11-7-13(19(3)18-11)16(22)20-5-4-14-12(8-20)17-15(21)9-23-14/h7,10,12,14H,4-6,8-9H2,1-3H3,(H,17,21)/t12-,14+/m0/s1. The molecule has 0 saturated carbocycles. The minimum atomic E-state index is -0.114. The first kappa shape index (κ1) is 16.0. The maximum Gasteiger partial charge on any atom is 0.272 e. The Morgan fingerprint density at radius 2 is 2.30 bits per heavy atom. The van der Waals surface area contributed by atoms with Gasteiger partial charge in [-0.15, -0.1) is 0 Å². The van der Waals surface area contributed by atoms with Crippen LogP contribution in [-0.2, 0) is 23.0 Å². The SMILES string of the molecule is CC(C)Cc1cc(C(=O)N2CC[C@H]3OCC(=O)N[C@H]3C2)n(C)n1. The zero-order valence-electron chi connectivity index (χ0n) is 13.9. The molecule has 126 valence electrons. The number of ether oxygens (including phenoxy) is 1. The first-order valence-corrected chi connectivity index (χ1v) is 8.17. The number of carbonyl (C=O) groups excluding carboxylic acids is 2. The van der Waals surface area contributed by atoms with Crippen LogP contribution in [0, 0.1) is 5.92 Å². The van der Waals surface area contributed by atoms with E-state index in [4.69, 9.17) is 4.74 Å². The van der Waals surface area contributed by atoms with Crippen molar-refractivity contribution in [1.29, 1.82) is 0 Å². The van der Waals surface area contributed by atoms with Gasteiger partial charge in [0.25, 0.3) is 5.91 Å². The number of likely N-dealkylation sites (tertiary alicyclic amines) is 1. The van der Waals surface area contributed by atoms with Crippen molar-refractivity contribution in [3.8, 4) is 0 Å². The summed E-state index contributed by atoms with van der Waals surface area (Å²) in [4.78, 5) is 26.0. The average Bonchev–Trinajstić information content (AvgIpc) is 2.85. The summed E-state index contributed by atoms with van der Waals surface area (Å²) in [5.41, 5.74) is 1.54. The van der Waals surface area contributed by atoms with Crippen LogP contribution in [0.5, 0.6) is 0 Å². The number of hydrogen-bond donors (Lipinski definition) is 1. The minimum absolute atomic E-state index is 0.0137. The van der Waals surface area contributed by atoms with E-state index >= 15 is 0 Å². The topological polar surface area (TPSA) is 76.5 Å². The molecule has 2 saturated heterocycles. The number of fused-ring (bicyclic) bond motifs is 1. The van der Waals surface area contributed by atoms with Crippen molar-refractivity contribution in [2.75, 3.05) is 19.7 Å². The normalized spacial score (nSPS) is 24.5. The molecule has 2 aliphatic rings. The summed E-state index contributed by atoms with van der Waals surface area (Å²) < 4.78 is 7.19. The lowest BCUT2D eigenvalue weighted by molar-refractivity contribution is -0.139. The molecule has 0 unspecified atom stereocenters. The first-order chi connectivity index (χ1) is 10.9. The fourth-order valence-corrected chi connectivity index (χ4v) is 3.29. The highest BCUT2D eigenvalue weighted by Crippen LogP contribution is 2.20. The molecule has 0 spiro atoms. The maximum atomic E-state index is 12.8. The number of hydrogen-bond acceptors (Lipinski definition) is 4. The minimum Gasteiger partial charge on any atom is -0.366 e. The van der Waals surface area contributed by atoms with Gasteiger partial charge in [0, 0.05) is 20.1 Å². The van der Waals surface area contributed by atoms with Gasteiger partial charge < -0.3 is 15.0 Å². The number of piperidine rings is 1. The fraction of sp³-hybridized carbons (Fsp3) is 0.688. The molecule has 0 aromatic carbocycles. The van der Waals surface area contributed by atoms with Crippen molar-refractivity contribution in [2.24, 2.45) is 13.0 Å². The lowest BCUT2D eigenvalue weighted by Gasteiger charge is -2.41. The van der Waals surface area contributed by atoms with Gasteiger partial charge in [-0.2, -0.15) is 5.10 Å². The van der Waals surface area contributed by atoms with E-state index in [1.54, 1.807) is 16.6 Å². The smallest absolute Gasteiger partial charge is 0.272 e. The van der Waals surface area contributed by atoms with Crippen LogP contribution in [0.4, 0.5) is 0 Å². The Morgan fingerprint density at radius 3 is 3.04 bits per heavy atom. The van der Waals surface area contributed by atoms with Crippen molar-refractivity contribution >= 4 is 11.8 Å². The van der Waals surface area contributed by atoms with Crippen molar-refractivity contribution in [1.82, 2.24) is 20.0 Å². The molecule has 2 fully saturated rings. The number of rotatable bonds is 3. The highest BCUT2D eigenvalue weighted by molar-refractivity contribution is 5.93. The van der Waals surface area contributed by atoms with Crippen molar-refractivity contribution in [2.45, 2.75) is 38.8 Å². The van der Waals surface area contributed by atoms with Crippen molar-refractivity contribution in [3.63, 3.8) is 0 Å². The summed E-state index contributed by atoms with van der Waals surface area (Å²) in [6.07, 6.45) is 1.61. The number of nitrogens with one attached hydrogen (secondary N) is 1. The van der Waals surface area contributed by atoms with Crippen LogP contribution in [0.25, 0.3) is 0 Å². The van der Waals surface area contributed by atoms with Gasteiger partial charge in [0.15, 0.2) is 0 Å². The van der Waals surface area contributed by atoms with Gasteiger partial charge in [-0.05, 0) is 24.8 Å². The number of amides is 2. The number of carbonyl (C=O) groups is 2. The molecule has 0 bridgehead atoms. The Kier molecular flexibility index (Phi) is 4.39. The molecule has 2 aliphatic heterocycles. The Labute approximate surface area is 136 Å². The molecule has 3 heterocycles. The number of nitrogens with zero attached hydrogens (tertiary/aromatic N) is 3. The van der Waals surface area contributed by atoms with E-state index in [-0.39, 0.29) is 30.6 Å².